The number of aryl methyl sites for hydroxylation is 1. The van der Waals surface area contributed by atoms with Crippen molar-refractivity contribution in [3.05, 3.63) is 35.4 Å². The van der Waals surface area contributed by atoms with Crippen LogP contribution in [0.3, 0.4) is 0 Å². The van der Waals surface area contributed by atoms with Crippen molar-refractivity contribution < 1.29 is 4.79 Å². The standard InChI is InChI=1S/C20H32N4O.HI/c1-15-6-5-7-18(12-15)16(2)14-23-20(22-4)24-10-8-17(9-11-24)13-19(25)21-3;/h5-7,12,16-17H,8-11,13-14H2,1-4H3,(H,21,25)(H,22,23);1H. The van der Waals surface area contributed by atoms with Crippen molar-refractivity contribution in [1.82, 2.24) is 15.5 Å². The van der Waals surface area contributed by atoms with E-state index in [1.54, 1.807) is 7.05 Å². The van der Waals surface area contributed by atoms with E-state index in [4.69, 9.17) is 0 Å². The highest BCUT2D eigenvalue weighted by molar-refractivity contribution is 14.0. The van der Waals surface area contributed by atoms with Crippen LogP contribution in [0.1, 0.15) is 43.2 Å². The summed E-state index contributed by atoms with van der Waals surface area (Å²) in [7, 11) is 3.55. The smallest absolute Gasteiger partial charge is 0.220 e. The molecule has 5 nitrogen and oxygen atoms in total. The lowest BCUT2D eigenvalue weighted by molar-refractivity contribution is -0.121. The Labute approximate surface area is 175 Å². The lowest BCUT2D eigenvalue weighted by atomic mass is 9.93. The zero-order valence-electron chi connectivity index (χ0n) is 16.4. The number of nitrogens with one attached hydrogen (secondary N) is 2. The molecule has 1 aromatic rings. The highest BCUT2D eigenvalue weighted by atomic mass is 127. The molecular formula is C20H33IN4O. The number of piperidine rings is 1. The van der Waals surface area contributed by atoms with Gasteiger partial charge in [-0.15, -0.1) is 24.0 Å². The molecule has 1 aliphatic heterocycles. The molecule has 1 unspecified atom stereocenters. The van der Waals surface area contributed by atoms with Gasteiger partial charge in [0.05, 0.1) is 0 Å². The van der Waals surface area contributed by atoms with E-state index in [1.165, 1.54) is 11.1 Å². The number of carbonyl (C=O) groups excluding carboxylic acids is 1. The number of hydrogen-bond donors (Lipinski definition) is 2. The minimum atomic E-state index is 0. The van der Waals surface area contributed by atoms with Crippen LogP contribution in [0.15, 0.2) is 29.3 Å². The van der Waals surface area contributed by atoms with Gasteiger partial charge in [-0.3, -0.25) is 9.79 Å². The Bertz CT molecular complexity index is 597. The molecule has 1 fully saturated rings. The van der Waals surface area contributed by atoms with E-state index in [-0.39, 0.29) is 29.9 Å². The number of halogens is 1. The molecule has 1 saturated heterocycles. The number of nitrogens with zero attached hydrogens (tertiary/aromatic N) is 2. The zero-order valence-corrected chi connectivity index (χ0v) is 18.7. The van der Waals surface area contributed by atoms with E-state index < -0.39 is 0 Å². The molecular weight excluding hydrogens is 439 g/mol. The van der Waals surface area contributed by atoms with Gasteiger partial charge in [-0.05, 0) is 37.2 Å². The summed E-state index contributed by atoms with van der Waals surface area (Å²) in [6.07, 6.45) is 2.73. The van der Waals surface area contributed by atoms with E-state index in [0.717, 1.165) is 38.4 Å². The maximum atomic E-state index is 11.5. The molecule has 1 atom stereocenters. The molecule has 1 heterocycles. The third-order valence-electron chi connectivity index (χ3n) is 5.06. The Balaban J connectivity index is 0.00000338. The lowest BCUT2D eigenvalue weighted by Gasteiger charge is -2.34. The number of aliphatic imine (C=N–C) groups is 1. The third kappa shape index (κ3) is 6.78. The second kappa shape index (κ2) is 11.4. The Morgan fingerprint density at radius 2 is 2.04 bits per heavy atom. The Morgan fingerprint density at radius 1 is 1.35 bits per heavy atom. The average molecular weight is 472 g/mol. The number of hydrogen-bond acceptors (Lipinski definition) is 2. The number of carbonyl (C=O) groups is 1. The predicted molar refractivity (Wildman–Crippen MR) is 119 cm³/mol. The molecule has 0 aromatic heterocycles. The summed E-state index contributed by atoms with van der Waals surface area (Å²) in [6.45, 7) is 7.16. The van der Waals surface area contributed by atoms with Gasteiger partial charge in [-0.2, -0.15) is 0 Å². The predicted octanol–water partition coefficient (Wildman–Crippen LogP) is 3.14. The molecule has 0 saturated carbocycles. The van der Waals surface area contributed by atoms with Gasteiger partial charge >= 0.3 is 0 Å². The normalized spacial score (nSPS) is 16.6. The SMILES string of the molecule is CN=C(NCC(C)c1cccc(C)c1)N1CCC(CC(=O)NC)CC1.I. The van der Waals surface area contributed by atoms with Crippen LogP contribution >= 0.6 is 24.0 Å². The second-order valence-corrected chi connectivity index (χ2v) is 7.05. The summed E-state index contributed by atoms with van der Waals surface area (Å²) < 4.78 is 0. The van der Waals surface area contributed by atoms with Crippen LogP contribution in [-0.2, 0) is 4.79 Å². The quantitative estimate of drug-likeness (QED) is 0.394. The van der Waals surface area contributed by atoms with Crippen LogP contribution in [-0.4, -0.2) is 50.5 Å². The van der Waals surface area contributed by atoms with Crippen LogP contribution in [0.2, 0.25) is 0 Å². The van der Waals surface area contributed by atoms with Gasteiger partial charge in [0.25, 0.3) is 0 Å². The van der Waals surface area contributed by atoms with E-state index >= 15 is 0 Å². The maximum absolute atomic E-state index is 11.5. The fourth-order valence-electron chi connectivity index (χ4n) is 3.38. The van der Waals surface area contributed by atoms with Crippen LogP contribution in [0.5, 0.6) is 0 Å². The monoisotopic (exact) mass is 472 g/mol. The van der Waals surface area contributed by atoms with Gasteiger partial charge in [0.1, 0.15) is 0 Å². The average Bonchev–Trinajstić information content (AvgIpc) is 2.63. The van der Waals surface area contributed by atoms with Gasteiger partial charge < -0.3 is 15.5 Å². The fraction of sp³-hybridized carbons (Fsp3) is 0.600. The second-order valence-electron chi connectivity index (χ2n) is 7.05. The maximum Gasteiger partial charge on any atom is 0.220 e. The van der Waals surface area contributed by atoms with E-state index in [0.29, 0.717) is 18.3 Å². The number of rotatable bonds is 5. The summed E-state index contributed by atoms with van der Waals surface area (Å²) in [6, 6.07) is 8.69. The van der Waals surface area contributed by atoms with Gasteiger partial charge in [0, 0.05) is 40.2 Å². The van der Waals surface area contributed by atoms with Crippen molar-refractivity contribution in [2.45, 2.75) is 39.0 Å². The summed E-state index contributed by atoms with van der Waals surface area (Å²) in [5, 5.41) is 6.24. The van der Waals surface area contributed by atoms with Gasteiger partial charge in [0.15, 0.2) is 5.96 Å². The van der Waals surface area contributed by atoms with Crippen molar-refractivity contribution in [3.63, 3.8) is 0 Å². The molecule has 6 heteroatoms. The van der Waals surface area contributed by atoms with Gasteiger partial charge in [0.2, 0.25) is 5.91 Å². The molecule has 1 amide bonds. The van der Waals surface area contributed by atoms with Crippen LogP contribution < -0.4 is 10.6 Å². The number of likely N-dealkylation sites (tertiary alicyclic amines) is 1. The van der Waals surface area contributed by atoms with Crippen LogP contribution in [0, 0.1) is 12.8 Å². The highest BCUT2D eigenvalue weighted by Crippen LogP contribution is 2.21. The molecule has 2 rings (SSSR count). The summed E-state index contributed by atoms with van der Waals surface area (Å²) in [5.41, 5.74) is 2.65. The largest absolute Gasteiger partial charge is 0.359 e. The third-order valence-corrected chi connectivity index (χ3v) is 5.06. The van der Waals surface area contributed by atoms with Crippen molar-refractivity contribution in [3.8, 4) is 0 Å². The molecule has 146 valence electrons. The number of amides is 1. The highest BCUT2D eigenvalue weighted by Gasteiger charge is 2.23. The van der Waals surface area contributed by atoms with Crippen LogP contribution in [0.4, 0.5) is 0 Å². The van der Waals surface area contributed by atoms with Crippen molar-refractivity contribution in [1.29, 1.82) is 0 Å². The molecule has 0 bridgehead atoms. The van der Waals surface area contributed by atoms with E-state index in [1.807, 2.05) is 7.05 Å². The summed E-state index contributed by atoms with van der Waals surface area (Å²) >= 11 is 0. The van der Waals surface area contributed by atoms with Crippen molar-refractivity contribution in [2.75, 3.05) is 33.7 Å². The Morgan fingerprint density at radius 3 is 2.62 bits per heavy atom. The number of benzene rings is 1. The molecule has 1 aromatic carbocycles. The lowest BCUT2D eigenvalue weighted by Crippen LogP contribution is -2.46. The molecule has 2 N–H and O–H groups in total. The summed E-state index contributed by atoms with van der Waals surface area (Å²) in [5.74, 6) is 2.04. The molecule has 0 aliphatic carbocycles. The van der Waals surface area contributed by atoms with Gasteiger partial charge in [-0.25, -0.2) is 0 Å². The first-order valence-electron chi connectivity index (χ1n) is 9.26. The fourth-order valence-corrected chi connectivity index (χ4v) is 3.38. The molecule has 0 radical (unpaired) electrons. The van der Waals surface area contributed by atoms with E-state index in [2.05, 4.69) is 58.6 Å². The minimum absolute atomic E-state index is 0. The molecule has 26 heavy (non-hydrogen) atoms. The van der Waals surface area contributed by atoms with E-state index in [9.17, 15) is 4.79 Å². The minimum Gasteiger partial charge on any atom is -0.359 e. The zero-order chi connectivity index (χ0) is 18.2. The van der Waals surface area contributed by atoms with Crippen molar-refractivity contribution >= 4 is 35.8 Å². The van der Waals surface area contributed by atoms with Crippen molar-refractivity contribution in [2.24, 2.45) is 10.9 Å². The first-order valence-corrected chi connectivity index (χ1v) is 9.26. The van der Waals surface area contributed by atoms with Crippen LogP contribution in [0.25, 0.3) is 0 Å². The first-order chi connectivity index (χ1) is 12.0. The topological polar surface area (TPSA) is 56.7 Å². The Kier molecular flexibility index (Phi) is 9.98. The van der Waals surface area contributed by atoms with Gasteiger partial charge in [-0.1, -0.05) is 36.8 Å². The Hall–Kier alpha value is -1.31. The summed E-state index contributed by atoms with van der Waals surface area (Å²) in [4.78, 5) is 18.3. The molecule has 0 spiro atoms. The molecule has 1 aliphatic rings. The first kappa shape index (κ1) is 22.7. The number of guanidine groups is 1.